The second-order valence-corrected chi connectivity index (χ2v) is 4.98. The van der Waals surface area contributed by atoms with Gasteiger partial charge in [0.05, 0.1) is 18.2 Å². The molecule has 1 fully saturated rings. The number of nitrogens with zero attached hydrogens (tertiary/aromatic N) is 4. The Hall–Kier alpha value is -2.12. The van der Waals surface area contributed by atoms with Crippen molar-refractivity contribution in [1.82, 2.24) is 15.0 Å². The van der Waals surface area contributed by atoms with Crippen molar-refractivity contribution in [2.24, 2.45) is 0 Å². The van der Waals surface area contributed by atoms with Crippen LogP contribution in [0.1, 0.15) is 0 Å². The Morgan fingerprint density at radius 2 is 2.00 bits per heavy atom. The summed E-state index contributed by atoms with van der Waals surface area (Å²) in [6.07, 6.45) is 3.05. The summed E-state index contributed by atoms with van der Waals surface area (Å²) in [7, 11) is 0. The highest BCUT2D eigenvalue weighted by Gasteiger charge is 2.17. The van der Waals surface area contributed by atoms with E-state index in [1.54, 1.807) is 18.3 Å². The van der Waals surface area contributed by atoms with Crippen LogP contribution in [0.3, 0.4) is 0 Å². The van der Waals surface area contributed by atoms with Gasteiger partial charge in [-0.1, -0.05) is 11.6 Å². The van der Waals surface area contributed by atoms with Gasteiger partial charge in [-0.05, 0) is 12.1 Å². The second-order valence-electron chi connectivity index (χ2n) is 4.55. The quantitative estimate of drug-likeness (QED) is 0.891. The number of ether oxygens (including phenoxy) is 1. The van der Waals surface area contributed by atoms with Crippen LogP contribution in [0.15, 0.2) is 24.7 Å². The summed E-state index contributed by atoms with van der Waals surface area (Å²) >= 11 is 5.81. The van der Waals surface area contributed by atoms with Crippen molar-refractivity contribution < 1.29 is 4.74 Å². The number of nitrogen functional groups attached to an aromatic ring is 1. The van der Waals surface area contributed by atoms with Crippen LogP contribution in [0.5, 0.6) is 0 Å². The van der Waals surface area contributed by atoms with Gasteiger partial charge in [0.25, 0.3) is 0 Å². The molecule has 1 aliphatic heterocycles. The molecule has 2 aromatic heterocycles. The predicted octanol–water partition coefficient (Wildman–Crippen LogP) is 1.69. The Kier molecular flexibility index (Phi) is 4.03. The average Bonchev–Trinajstić information content (AvgIpc) is 2.52. The molecule has 3 rings (SSSR count). The summed E-state index contributed by atoms with van der Waals surface area (Å²) in [5.41, 5.74) is 6.66. The topological polar surface area (TPSA) is 89.2 Å². The summed E-state index contributed by atoms with van der Waals surface area (Å²) in [5.74, 6) is 1.86. The molecule has 0 spiro atoms. The van der Waals surface area contributed by atoms with Gasteiger partial charge in [0.2, 0.25) is 0 Å². The Morgan fingerprint density at radius 1 is 1.19 bits per heavy atom. The first-order chi connectivity index (χ1) is 10.2. The molecule has 110 valence electrons. The van der Waals surface area contributed by atoms with Crippen LogP contribution in [0.2, 0.25) is 5.02 Å². The molecule has 7 nitrogen and oxygen atoms in total. The first kappa shape index (κ1) is 13.8. The van der Waals surface area contributed by atoms with Crippen molar-refractivity contribution in [2.75, 3.05) is 42.3 Å². The van der Waals surface area contributed by atoms with Crippen LogP contribution in [-0.2, 0) is 4.74 Å². The maximum Gasteiger partial charge on any atom is 0.160 e. The van der Waals surface area contributed by atoms with Crippen molar-refractivity contribution in [3.8, 4) is 0 Å². The Morgan fingerprint density at radius 3 is 2.71 bits per heavy atom. The highest BCUT2D eigenvalue weighted by atomic mass is 35.5. The molecule has 0 radical (unpaired) electrons. The molecule has 0 aromatic carbocycles. The standard InChI is InChI=1S/C13H15ClN6O/c14-9-1-2-10(16-7-9)19-12-11(15)13(18-8-17-12)20-3-5-21-6-4-20/h1-2,7-8H,3-6,15H2,(H,16,17,18,19). The van der Waals surface area contributed by atoms with Gasteiger partial charge in [0.1, 0.15) is 17.8 Å². The van der Waals surface area contributed by atoms with Gasteiger partial charge in [-0.3, -0.25) is 0 Å². The molecule has 8 heteroatoms. The first-order valence-electron chi connectivity index (χ1n) is 6.56. The molecular weight excluding hydrogens is 292 g/mol. The largest absolute Gasteiger partial charge is 0.393 e. The maximum atomic E-state index is 6.17. The molecule has 1 aliphatic rings. The van der Waals surface area contributed by atoms with E-state index in [1.165, 1.54) is 6.33 Å². The number of aromatic nitrogens is 3. The molecule has 0 saturated carbocycles. The lowest BCUT2D eigenvalue weighted by Gasteiger charge is -2.28. The van der Waals surface area contributed by atoms with Gasteiger partial charge < -0.3 is 20.7 Å². The molecule has 0 atom stereocenters. The molecule has 0 bridgehead atoms. The van der Waals surface area contributed by atoms with Crippen LogP contribution in [0.25, 0.3) is 0 Å². The highest BCUT2D eigenvalue weighted by molar-refractivity contribution is 6.30. The normalized spacial score (nSPS) is 15.0. The minimum absolute atomic E-state index is 0.496. The molecule has 0 amide bonds. The van der Waals surface area contributed by atoms with E-state index >= 15 is 0 Å². The van der Waals surface area contributed by atoms with Crippen LogP contribution in [0, 0.1) is 0 Å². The highest BCUT2D eigenvalue weighted by Crippen LogP contribution is 2.28. The van der Waals surface area contributed by atoms with E-state index in [-0.39, 0.29) is 0 Å². The maximum absolute atomic E-state index is 6.17. The number of nitrogens with one attached hydrogen (secondary N) is 1. The van der Waals surface area contributed by atoms with Crippen molar-refractivity contribution in [2.45, 2.75) is 0 Å². The summed E-state index contributed by atoms with van der Waals surface area (Å²) in [6.45, 7) is 2.87. The van der Waals surface area contributed by atoms with E-state index in [0.717, 1.165) is 13.1 Å². The van der Waals surface area contributed by atoms with E-state index in [9.17, 15) is 0 Å². The number of nitrogens with two attached hydrogens (primary N) is 1. The van der Waals surface area contributed by atoms with Crippen molar-refractivity contribution in [1.29, 1.82) is 0 Å². The molecule has 0 unspecified atom stereocenters. The zero-order chi connectivity index (χ0) is 14.7. The number of halogens is 1. The summed E-state index contributed by atoms with van der Waals surface area (Å²) < 4.78 is 5.33. The van der Waals surface area contributed by atoms with Crippen LogP contribution in [-0.4, -0.2) is 41.3 Å². The molecule has 2 aromatic rings. The minimum atomic E-state index is 0.496. The van der Waals surface area contributed by atoms with Gasteiger partial charge in [-0.15, -0.1) is 0 Å². The first-order valence-corrected chi connectivity index (χ1v) is 6.93. The number of hydrogen-bond donors (Lipinski definition) is 2. The molecular formula is C13H15ClN6O. The van der Waals surface area contributed by atoms with Gasteiger partial charge in [0.15, 0.2) is 11.6 Å². The third kappa shape index (κ3) is 3.14. The number of morpholine rings is 1. The molecule has 3 heterocycles. The van der Waals surface area contributed by atoms with E-state index in [4.69, 9.17) is 22.1 Å². The average molecular weight is 307 g/mol. The number of anilines is 4. The molecule has 1 saturated heterocycles. The van der Waals surface area contributed by atoms with E-state index in [1.807, 2.05) is 0 Å². The third-order valence-corrected chi connectivity index (χ3v) is 3.37. The van der Waals surface area contributed by atoms with E-state index in [2.05, 4.69) is 25.2 Å². The Labute approximate surface area is 127 Å². The molecule has 3 N–H and O–H groups in total. The number of pyridine rings is 1. The van der Waals surface area contributed by atoms with Crippen LogP contribution in [0.4, 0.5) is 23.1 Å². The molecule has 0 aliphatic carbocycles. The molecule has 21 heavy (non-hydrogen) atoms. The van der Waals surface area contributed by atoms with Crippen molar-refractivity contribution >= 4 is 34.7 Å². The second kappa shape index (κ2) is 6.11. The van der Waals surface area contributed by atoms with Crippen LogP contribution >= 0.6 is 11.6 Å². The SMILES string of the molecule is Nc1c(Nc2ccc(Cl)cn2)ncnc1N1CCOCC1. The fraction of sp³-hybridized carbons (Fsp3) is 0.308. The van der Waals surface area contributed by atoms with E-state index < -0.39 is 0 Å². The lowest BCUT2D eigenvalue weighted by atomic mass is 10.3. The van der Waals surface area contributed by atoms with Gasteiger partial charge >= 0.3 is 0 Å². The predicted molar refractivity (Wildman–Crippen MR) is 82.0 cm³/mol. The Bertz CT molecular complexity index is 615. The lowest BCUT2D eigenvalue weighted by Crippen LogP contribution is -2.37. The summed E-state index contributed by atoms with van der Waals surface area (Å²) in [6, 6.07) is 3.51. The summed E-state index contributed by atoms with van der Waals surface area (Å²) in [4.78, 5) is 14.7. The number of hydrogen-bond acceptors (Lipinski definition) is 7. The van der Waals surface area contributed by atoms with E-state index in [0.29, 0.717) is 41.4 Å². The van der Waals surface area contributed by atoms with Gasteiger partial charge in [-0.25, -0.2) is 15.0 Å². The summed E-state index contributed by atoms with van der Waals surface area (Å²) in [5, 5.41) is 3.65. The Balaban J connectivity index is 1.84. The lowest BCUT2D eigenvalue weighted by molar-refractivity contribution is 0.122. The van der Waals surface area contributed by atoms with Crippen molar-refractivity contribution in [3.63, 3.8) is 0 Å². The third-order valence-electron chi connectivity index (χ3n) is 3.15. The smallest absolute Gasteiger partial charge is 0.160 e. The fourth-order valence-electron chi connectivity index (χ4n) is 2.08. The number of rotatable bonds is 3. The monoisotopic (exact) mass is 306 g/mol. The zero-order valence-electron chi connectivity index (χ0n) is 11.3. The minimum Gasteiger partial charge on any atom is -0.393 e. The zero-order valence-corrected chi connectivity index (χ0v) is 12.0. The van der Waals surface area contributed by atoms with Crippen LogP contribution < -0.4 is 16.0 Å². The van der Waals surface area contributed by atoms with Gasteiger partial charge in [0, 0.05) is 19.3 Å². The van der Waals surface area contributed by atoms with Crippen molar-refractivity contribution in [3.05, 3.63) is 29.7 Å². The van der Waals surface area contributed by atoms with Gasteiger partial charge in [-0.2, -0.15) is 0 Å². The fourth-order valence-corrected chi connectivity index (χ4v) is 2.20.